The van der Waals surface area contributed by atoms with Crippen LogP contribution in [0, 0.1) is 0 Å². The van der Waals surface area contributed by atoms with E-state index in [0.717, 1.165) is 13.1 Å². The van der Waals surface area contributed by atoms with Gasteiger partial charge in [-0.2, -0.15) is 5.10 Å². The van der Waals surface area contributed by atoms with E-state index in [9.17, 15) is 9.59 Å². The Morgan fingerprint density at radius 1 is 1.29 bits per heavy atom. The smallest absolute Gasteiger partial charge is 0.276 e. The fraction of sp³-hybridized carbons (Fsp3) is 0.500. The van der Waals surface area contributed by atoms with Gasteiger partial charge in [0, 0.05) is 33.1 Å². The molecule has 21 heavy (non-hydrogen) atoms. The third kappa shape index (κ3) is 2.74. The predicted octanol–water partition coefficient (Wildman–Crippen LogP) is 0.365. The zero-order valence-corrected chi connectivity index (χ0v) is 12.7. The van der Waals surface area contributed by atoms with Crippen molar-refractivity contribution in [1.29, 1.82) is 0 Å². The molecule has 0 saturated carbocycles. The van der Waals surface area contributed by atoms with Gasteiger partial charge in [0.05, 0.1) is 0 Å². The third-order valence-corrected chi connectivity index (χ3v) is 4.37. The van der Waals surface area contributed by atoms with Crippen LogP contribution >= 0.6 is 11.3 Å². The van der Waals surface area contributed by atoms with E-state index in [0.29, 0.717) is 34.3 Å². The molecule has 0 atom stereocenters. The summed E-state index contributed by atoms with van der Waals surface area (Å²) in [5.74, 6) is -0.279. The molecule has 0 aliphatic carbocycles. The minimum absolute atomic E-state index is 0.0904. The first-order chi connectivity index (χ1) is 10.0. The summed E-state index contributed by atoms with van der Waals surface area (Å²) in [6.07, 6.45) is 0. The second-order valence-corrected chi connectivity index (χ2v) is 6.04. The van der Waals surface area contributed by atoms with Crippen molar-refractivity contribution >= 4 is 38.6 Å². The van der Waals surface area contributed by atoms with Crippen molar-refractivity contribution in [2.45, 2.75) is 6.92 Å². The number of hydrogen-bond donors (Lipinski definition) is 2. The average Bonchev–Trinajstić information content (AvgIpc) is 2.97. The van der Waals surface area contributed by atoms with Crippen LogP contribution in [0.3, 0.4) is 0 Å². The Hall–Kier alpha value is -2.00. The molecule has 2 N–H and O–H groups in total. The second kappa shape index (κ2) is 5.41. The number of aromatic amines is 1. The van der Waals surface area contributed by atoms with Gasteiger partial charge in [-0.15, -0.1) is 0 Å². The maximum atomic E-state index is 12.5. The van der Waals surface area contributed by atoms with Gasteiger partial charge in [0.2, 0.25) is 5.91 Å². The van der Waals surface area contributed by atoms with Crippen LogP contribution in [-0.2, 0) is 4.79 Å². The molecule has 2 amide bonds. The van der Waals surface area contributed by atoms with Gasteiger partial charge in [-0.3, -0.25) is 14.7 Å². The van der Waals surface area contributed by atoms with Gasteiger partial charge < -0.3 is 15.1 Å². The molecule has 1 aliphatic rings. The first kappa shape index (κ1) is 14.0. The zero-order chi connectivity index (χ0) is 15.0. The number of nitrogens with one attached hydrogen (secondary N) is 2. The molecule has 2 aromatic heterocycles. The van der Waals surface area contributed by atoms with Gasteiger partial charge in [-0.05, 0) is 7.05 Å². The van der Waals surface area contributed by atoms with E-state index in [1.165, 1.54) is 18.3 Å². The molecule has 112 valence electrons. The Labute approximate surface area is 125 Å². The molecular formula is C12H16N6O2S. The predicted molar refractivity (Wildman–Crippen MR) is 79.5 cm³/mol. The van der Waals surface area contributed by atoms with Crippen molar-refractivity contribution in [3.8, 4) is 0 Å². The lowest BCUT2D eigenvalue weighted by Crippen LogP contribution is -2.47. The van der Waals surface area contributed by atoms with Crippen molar-refractivity contribution in [1.82, 2.24) is 25.0 Å². The Balaban J connectivity index is 1.84. The highest BCUT2D eigenvalue weighted by Gasteiger charge is 2.25. The Morgan fingerprint density at radius 2 is 2.00 bits per heavy atom. The summed E-state index contributed by atoms with van der Waals surface area (Å²) in [6, 6.07) is 0. The zero-order valence-electron chi connectivity index (χ0n) is 11.8. The number of H-pyrrole nitrogens is 1. The number of anilines is 1. The minimum atomic E-state index is -0.189. The summed E-state index contributed by atoms with van der Waals surface area (Å²) in [4.78, 5) is 31.8. The van der Waals surface area contributed by atoms with Crippen molar-refractivity contribution in [2.75, 3.05) is 38.5 Å². The number of fused-ring (bicyclic) bond motifs is 1. The highest BCUT2D eigenvalue weighted by Crippen LogP contribution is 2.28. The second-order valence-electron chi connectivity index (χ2n) is 5.05. The number of thiazole rings is 1. The van der Waals surface area contributed by atoms with E-state index in [2.05, 4.69) is 25.4 Å². The van der Waals surface area contributed by atoms with Crippen molar-refractivity contribution in [3.63, 3.8) is 0 Å². The van der Waals surface area contributed by atoms with Crippen LogP contribution < -0.4 is 5.32 Å². The molecule has 1 saturated heterocycles. The number of aromatic nitrogens is 3. The Morgan fingerprint density at radius 3 is 2.67 bits per heavy atom. The van der Waals surface area contributed by atoms with Crippen molar-refractivity contribution < 1.29 is 9.59 Å². The first-order valence-electron chi connectivity index (χ1n) is 6.65. The molecule has 0 unspecified atom stereocenters. The van der Waals surface area contributed by atoms with E-state index >= 15 is 0 Å². The lowest BCUT2D eigenvalue weighted by Gasteiger charge is -2.31. The van der Waals surface area contributed by atoms with E-state index in [-0.39, 0.29) is 11.8 Å². The lowest BCUT2D eigenvalue weighted by atomic mass is 10.3. The largest absolute Gasteiger partial charge is 0.335 e. The molecule has 0 spiro atoms. The lowest BCUT2D eigenvalue weighted by molar-refractivity contribution is -0.114. The molecule has 3 heterocycles. The molecule has 1 fully saturated rings. The molecule has 0 radical (unpaired) electrons. The number of hydrogen-bond acceptors (Lipinski definition) is 6. The summed E-state index contributed by atoms with van der Waals surface area (Å²) in [5.41, 5.74) is 0.907. The summed E-state index contributed by atoms with van der Waals surface area (Å²) in [6.45, 7) is 4.53. The van der Waals surface area contributed by atoms with E-state index in [4.69, 9.17) is 0 Å². The van der Waals surface area contributed by atoms with Gasteiger partial charge in [0.25, 0.3) is 5.91 Å². The highest BCUT2D eigenvalue weighted by molar-refractivity contribution is 7.22. The third-order valence-electron chi connectivity index (χ3n) is 3.39. The topological polar surface area (TPSA) is 94.2 Å². The van der Waals surface area contributed by atoms with Crippen LogP contribution in [-0.4, -0.2) is 70.0 Å². The first-order valence-corrected chi connectivity index (χ1v) is 7.46. The molecule has 3 rings (SSSR count). The summed E-state index contributed by atoms with van der Waals surface area (Å²) >= 11 is 1.26. The molecule has 9 heteroatoms. The monoisotopic (exact) mass is 308 g/mol. The number of amides is 2. The number of carbonyl (C=O) groups is 2. The van der Waals surface area contributed by atoms with Gasteiger partial charge in [-0.1, -0.05) is 11.3 Å². The average molecular weight is 308 g/mol. The summed E-state index contributed by atoms with van der Waals surface area (Å²) in [7, 11) is 2.04. The highest BCUT2D eigenvalue weighted by atomic mass is 32.1. The maximum absolute atomic E-state index is 12.5. The van der Waals surface area contributed by atoms with Gasteiger partial charge >= 0.3 is 0 Å². The van der Waals surface area contributed by atoms with Crippen LogP contribution in [0.15, 0.2) is 0 Å². The molecule has 8 nitrogen and oxygen atoms in total. The fourth-order valence-corrected chi connectivity index (χ4v) is 3.17. The molecule has 0 aromatic carbocycles. The quantitative estimate of drug-likeness (QED) is 0.835. The van der Waals surface area contributed by atoms with Crippen LogP contribution in [0.1, 0.15) is 17.4 Å². The van der Waals surface area contributed by atoms with Gasteiger partial charge in [0.15, 0.2) is 16.5 Å². The number of nitrogens with zero attached hydrogens (tertiary/aromatic N) is 4. The van der Waals surface area contributed by atoms with Gasteiger partial charge in [-0.25, -0.2) is 4.98 Å². The van der Waals surface area contributed by atoms with Crippen LogP contribution in [0.25, 0.3) is 10.3 Å². The van der Waals surface area contributed by atoms with Crippen LogP contribution in [0.2, 0.25) is 0 Å². The summed E-state index contributed by atoms with van der Waals surface area (Å²) < 4.78 is 0.683. The van der Waals surface area contributed by atoms with Gasteiger partial charge in [0.1, 0.15) is 4.70 Å². The number of piperazine rings is 1. The molecule has 2 aromatic rings. The molecule has 1 aliphatic heterocycles. The Kier molecular flexibility index (Phi) is 3.60. The van der Waals surface area contributed by atoms with Crippen molar-refractivity contribution in [3.05, 3.63) is 5.69 Å². The van der Waals surface area contributed by atoms with Crippen molar-refractivity contribution in [2.24, 2.45) is 0 Å². The normalized spacial score (nSPS) is 16.4. The number of likely N-dealkylation sites (N-methyl/N-ethyl adjacent to an activating group) is 1. The van der Waals surface area contributed by atoms with E-state index in [1.54, 1.807) is 4.90 Å². The number of carbonyl (C=O) groups excluding carboxylic acids is 2. The number of rotatable bonds is 2. The standard InChI is InChI=1S/C12H16N6O2S/c1-7(19)13-12-14-10-9(21-12)8(15-16-10)11(20)18-5-3-17(2)4-6-18/h3-6H2,1-2H3,(H2,13,14,15,16,19). The fourth-order valence-electron chi connectivity index (χ4n) is 2.22. The summed E-state index contributed by atoms with van der Waals surface area (Å²) in [5, 5.41) is 9.92. The molecule has 0 bridgehead atoms. The minimum Gasteiger partial charge on any atom is -0.335 e. The Bertz CT molecular complexity index is 685. The molecular weight excluding hydrogens is 292 g/mol. The van der Waals surface area contributed by atoms with E-state index in [1.807, 2.05) is 7.05 Å². The van der Waals surface area contributed by atoms with Crippen LogP contribution in [0.5, 0.6) is 0 Å². The van der Waals surface area contributed by atoms with Crippen LogP contribution in [0.4, 0.5) is 5.13 Å². The maximum Gasteiger partial charge on any atom is 0.276 e. The SMILES string of the molecule is CC(=O)Nc1nc2[nH]nc(C(=O)N3CCN(C)CC3)c2s1. The van der Waals surface area contributed by atoms with E-state index < -0.39 is 0 Å².